The smallest absolute Gasteiger partial charge is 0.265 e. The molecule has 0 unspecified atom stereocenters. The number of amides is 1. The first-order valence-electron chi connectivity index (χ1n) is 5.84. The van der Waals surface area contributed by atoms with Gasteiger partial charge >= 0.3 is 0 Å². The Balaban J connectivity index is 2.56. The van der Waals surface area contributed by atoms with Crippen LogP contribution < -0.4 is 14.4 Å². The number of terminal acetylenes is 1. The third-order valence-corrected chi connectivity index (χ3v) is 2.67. The molecule has 0 spiro atoms. The molecule has 1 amide bonds. The van der Waals surface area contributed by atoms with Crippen molar-refractivity contribution >= 4 is 17.9 Å². The molecule has 1 aromatic rings. The predicted octanol–water partition coefficient (Wildman–Crippen LogP) is 1.26. The summed E-state index contributed by atoms with van der Waals surface area (Å²) in [5.74, 6) is 3.07. The lowest BCUT2D eigenvalue weighted by Gasteiger charge is -2.29. The van der Waals surface area contributed by atoms with Crippen molar-refractivity contribution in [1.29, 1.82) is 0 Å². The fourth-order valence-corrected chi connectivity index (χ4v) is 1.90. The Bertz CT molecular complexity index is 559. The summed E-state index contributed by atoms with van der Waals surface area (Å²) in [6.07, 6.45) is 5.95. The Labute approximate surface area is 111 Å². The molecule has 98 valence electrons. The maximum absolute atomic E-state index is 11.8. The zero-order valence-corrected chi connectivity index (χ0v) is 10.5. The van der Waals surface area contributed by atoms with Gasteiger partial charge in [0.05, 0.1) is 18.8 Å². The lowest BCUT2D eigenvalue weighted by atomic mass is 10.1. The van der Waals surface area contributed by atoms with E-state index in [4.69, 9.17) is 15.9 Å². The molecule has 0 atom stereocenters. The lowest BCUT2D eigenvalue weighted by Crippen LogP contribution is -2.39. The number of anilines is 1. The molecule has 0 aliphatic carbocycles. The van der Waals surface area contributed by atoms with E-state index < -0.39 is 0 Å². The van der Waals surface area contributed by atoms with E-state index >= 15 is 0 Å². The van der Waals surface area contributed by atoms with Crippen LogP contribution in [-0.2, 0) is 4.79 Å². The van der Waals surface area contributed by atoms with E-state index in [2.05, 4.69) is 5.92 Å². The van der Waals surface area contributed by atoms with Gasteiger partial charge in [0, 0.05) is 5.56 Å². The number of carbonyl (C=O) groups excluding carboxylic acids is 2. The zero-order valence-electron chi connectivity index (χ0n) is 10.5. The Morgan fingerprint density at radius 2 is 2.37 bits per heavy atom. The van der Waals surface area contributed by atoms with E-state index in [1.165, 1.54) is 4.90 Å². The van der Waals surface area contributed by atoms with Gasteiger partial charge in [0.2, 0.25) is 0 Å². The summed E-state index contributed by atoms with van der Waals surface area (Å²) in [6.45, 7) is 2.30. The summed E-state index contributed by atoms with van der Waals surface area (Å²) in [6, 6.07) is 3.15. The third-order valence-electron chi connectivity index (χ3n) is 2.67. The SMILES string of the molecule is C#CCN1C(=O)COc2c(OCC)cc(C=O)cc21. The van der Waals surface area contributed by atoms with Gasteiger partial charge in [0.1, 0.15) is 6.29 Å². The molecule has 0 radical (unpaired) electrons. The molecule has 19 heavy (non-hydrogen) atoms. The van der Waals surface area contributed by atoms with Crippen LogP contribution in [0.25, 0.3) is 0 Å². The first kappa shape index (κ1) is 13.0. The van der Waals surface area contributed by atoms with Gasteiger partial charge in [-0.05, 0) is 19.1 Å². The topological polar surface area (TPSA) is 55.8 Å². The van der Waals surface area contributed by atoms with Crippen LogP contribution in [0.3, 0.4) is 0 Å². The van der Waals surface area contributed by atoms with Gasteiger partial charge in [-0.1, -0.05) is 5.92 Å². The number of hydrogen-bond donors (Lipinski definition) is 0. The molecule has 0 fully saturated rings. The quantitative estimate of drug-likeness (QED) is 0.603. The number of nitrogens with zero attached hydrogens (tertiary/aromatic N) is 1. The van der Waals surface area contributed by atoms with Crippen LogP contribution in [0.5, 0.6) is 11.5 Å². The van der Waals surface area contributed by atoms with E-state index in [1.54, 1.807) is 12.1 Å². The summed E-state index contributed by atoms with van der Waals surface area (Å²) in [7, 11) is 0. The first-order valence-corrected chi connectivity index (χ1v) is 5.84. The first-order chi connectivity index (χ1) is 9.21. The van der Waals surface area contributed by atoms with Crippen molar-refractivity contribution in [2.45, 2.75) is 6.92 Å². The minimum Gasteiger partial charge on any atom is -0.490 e. The average Bonchev–Trinajstić information content (AvgIpc) is 2.42. The number of hydrogen-bond acceptors (Lipinski definition) is 4. The highest BCUT2D eigenvalue weighted by Crippen LogP contribution is 2.41. The number of fused-ring (bicyclic) bond motifs is 1. The molecule has 0 aromatic heterocycles. The normalized spacial score (nSPS) is 13.3. The monoisotopic (exact) mass is 259 g/mol. The fourth-order valence-electron chi connectivity index (χ4n) is 1.90. The highest BCUT2D eigenvalue weighted by atomic mass is 16.5. The van der Waals surface area contributed by atoms with Crippen molar-refractivity contribution in [3.05, 3.63) is 17.7 Å². The standard InChI is InChI=1S/C14H13NO4/c1-3-5-15-11-6-10(8-16)7-12(18-4-2)14(11)19-9-13(15)17/h1,6-8H,4-5,9H2,2H3. The highest BCUT2D eigenvalue weighted by molar-refractivity contribution is 6.00. The van der Waals surface area contributed by atoms with Gasteiger partial charge in [0.25, 0.3) is 5.91 Å². The summed E-state index contributed by atoms with van der Waals surface area (Å²) in [5, 5.41) is 0. The van der Waals surface area contributed by atoms with Gasteiger partial charge in [-0.25, -0.2) is 0 Å². The van der Waals surface area contributed by atoms with Gasteiger partial charge in [-0.2, -0.15) is 0 Å². The Morgan fingerprint density at radius 3 is 3.00 bits per heavy atom. The van der Waals surface area contributed by atoms with E-state index in [-0.39, 0.29) is 19.1 Å². The molecule has 1 heterocycles. The van der Waals surface area contributed by atoms with Crippen LogP contribution in [0, 0.1) is 12.3 Å². The second-order valence-corrected chi connectivity index (χ2v) is 3.89. The van der Waals surface area contributed by atoms with Crippen LogP contribution in [-0.4, -0.2) is 32.0 Å². The summed E-state index contributed by atoms with van der Waals surface area (Å²) < 4.78 is 10.8. The van der Waals surface area contributed by atoms with Crippen LogP contribution in [0.15, 0.2) is 12.1 Å². The molecule has 0 N–H and O–H groups in total. The van der Waals surface area contributed by atoms with Gasteiger partial charge in [-0.15, -0.1) is 6.42 Å². The second kappa shape index (κ2) is 5.44. The largest absolute Gasteiger partial charge is 0.490 e. The van der Waals surface area contributed by atoms with Gasteiger partial charge < -0.3 is 9.47 Å². The third kappa shape index (κ3) is 2.38. The fraction of sp³-hybridized carbons (Fsp3) is 0.286. The molecule has 1 aromatic carbocycles. The molecule has 1 aliphatic heterocycles. The molecular weight excluding hydrogens is 246 g/mol. The van der Waals surface area contributed by atoms with Gasteiger partial charge in [-0.3, -0.25) is 14.5 Å². The molecule has 2 rings (SSSR count). The lowest BCUT2D eigenvalue weighted by molar-refractivity contribution is -0.121. The van der Waals surface area contributed by atoms with Crippen molar-refractivity contribution in [2.75, 3.05) is 24.7 Å². The molecular formula is C14H13NO4. The molecule has 5 heteroatoms. The number of aldehydes is 1. The zero-order chi connectivity index (χ0) is 13.8. The molecule has 0 saturated heterocycles. The van der Waals surface area contributed by atoms with E-state index in [1.807, 2.05) is 6.92 Å². The molecule has 1 aliphatic rings. The summed E-state index contributed by atoms with van der Waals surface area (Å²) >= 11 is 0. The molecule has 0 bridgehead atoms. The summed E-state index contributed by atoms with van der Waals surface area (Å²) in [4.78, 5) is 24.2. The van der Waals surface area contributed by atoms with Crippen LogP contribution in [0.4, 0.5) is 5.69 Å². The Kier molecular flexibility index (Phi) is 3.71. The Hall–Kier alpha value is -2.48. The highest BCUT2D eigenvalue weighted by Gasteiger charge is 2.28. The maximum Gasteiger partial charge on any atom is 0.265 e. The number of ether oxygens (including phenoxy) is 2. The predicted molar refractivity (Wildman–Crippen MR) is 69.7 cm³/mol. The number of carbonyl (C=O) groups is 2. The van der Waals surface area contributed by atoms with Crippen LogP contribution >= 0.6 is 0 Å². The van der Waals surface area contributed by atoms with Crippen LogP contribution in [0.1, 0.15) is 17.3 Å². The van der Waals surface area contributed by atoms with Crippen molar-refractivity contribution in [3.8, 4) is 23.8 Å². The van der Waals surface area contributed by atoms with E-state index in [0.29, 0.717) is 35.6 Å². The van der Waals surface area contributed by atoms with Gasteiger partial charge in [0.15, 0.2) is 18.1 Å². The number of benzene rings is 1. The minimum absolute atomic E-state index is 0.0881. The Morgan fingerprint density at radius 1 is 1.58 bits per heavy atom. The van der Waals surface area contributed by atoms with Crippen molar-refractivity contribution < 1.29 is 19.1 Å². The van der Waals surface area contributed by atoms with Crippen LogP contribution in [0.2, 0.25) is 0 Å². The average molecular weight is 259 g/mol. The minimum atomic E-state index is -0.240. The maximum atomic E-state index is 11.8. The second-order valence-electron chi connectivity index (χ2n) is 3.89. The molecule has 5 nitrogen and oxygen atoms in total. The summed E-state index contributed by atoms with van der Waals surface area (Å²) in [5.41, 5.74) is 0.879. The van der Waals surface area contributed by atoms with E-state index in [0.717, 1.165) is 0 Å². The molecule has 0 saturated carbocycles. The van der Waals surface area contributed by atoms with Crippen molar-refractivity contribution in [1.82, 2.24) is 0 Å². The number of rotatable bonds is 4. The van der Waals surface area contributed by atoms with E-state index in [9.17, 15) is 9.59 Å². The van der Waals surface area contributed by atoms with Crippen molar-refractivity contribution in [3.63, 3.8) is 0 Å². The van der Waals surface area contributed by atoms with Crippen molar-refractivity contribution in [2.24, 2.45) is 0 Å².